The Bertz CT molecular complexity index is 470. The highest BCUT2D eigenvalue weighted by Gasteiger charge is 1.95. The molecule has 1 N–H and O–H groups in total. The molecule has 0 aromatic heterocycles. The van der Waals surface area contributed by atoms with E-state index in [4.69, 9.17) is 11.6 Å². The minimum absolute atomic E-state index is 0.802. The van der Waals surface area contributed by atoms with Gasteiger partial charge in [0.25, 0.3) is 0 Å². The Labute approximate surface area is 124 Å². The van der Waals surface area contributed by atoms with Gasteiger partial charge in [-0.2, -0.15) is 0 Å². The second-order valence-corrected chi connectivity index (χ2v) is 5.89. The number of hydrogen-bond acceptors (Lipinski definition) is 2. The summed E-state index contributed by atoms with van der Waals surface area (Å²) in [5, 5.41) is 4.27. The first-order chi connectivity index (χ1) is 9.34. The molecule has 0 aliphatic rings. The summed E-state index contributed by atoms with van der Waals surface area (Å²) in [6, 6.07) is 18.6. The second kappa shape index (κ2) is 8.26. The van der Waals surface area contributed by atoms with Gasteiger partial charge < -0.3 is 5.32 Å². The van der Waals surface area contributed by atoms with E-state index in [2.05, 4.69) is 47.8 Å². The number of halogens is 1. The van der Waals surface area contributed by atoms with E-state index >= 15 is 0 Å². The molecule has 0 atom stereocenters. The van der Waals surface area contributed by atoms with Crippen LogP contribution in [0.3, 0.4) is 0 Å². The molecule has 0 fully saturated rings. The molecule has 2 aromatic carbocycles. The maximum atomic E-state index is 5.85. The summed E-state index contributed by atoms with van der Waals surface area (Å²) in [5.41, 5.74) is 1.33. The molecule has 2 rings (SSSR count). The molecule has 100 valence electrons. The van der Waals surface area contributed by atoms with Crippen molar-refractivity contribution in [2.75, 3.05) is 18.8 Å². The van der Waals surface area contributed by atoms with Crippen LogP contribution in [0.2, 0.25) is 5.02 Å². The van der Waals surface area contributed by atoms with Gasteiger partial charge in [0.2, 0.25) is 0 Å². The third-order valence-electron chi connectivity index (χ3n) is 2.79. The van der Waals surface area contributed by atoms with E-state index in [0.29, 0.717) is 0 Å². The van der Waals surface area contributed by atoms with Gasteiger partial charge in [0.15, 0.2) is 0 Å². The van der Waals surface area contributed by atoms with Crippen LogP contribution in [0.5, 0.6) is 0 Å². The summed E-state index contributed by atoms with van der Waals surface area (Å²) < 4.78 is 0. The van der Waals surface area contributed by atoms with Gasteiger partial charge in [-0.15, -0.1) is 11.8 Å². The fourth-order valence-corrected chi connectivity index (χ4v) is 2.72. The highest BCUT2D eigenvalue weighted by atomic mass is 35.5. The highest BCUT2D eigenvalue weighted by molar-refractivity contribution is 7.99. The van der Waals surface area contributed by atoms with E-state index in [1.165, 1.54) is 10.5 Å². The maximum absolute atomic E-state index is 5.85. The Hall–Kier alpha value is -0.960. The van der Waals surface area contributed by atoms with E-state index < -0.39 is 0 Å². The molecule has 0 aliphatic heterocycles. The second-order valence-electron chi connectivity index (χ2n) is 4.29. The molecule has 0 spiro atoms. The monoisotopic (exact) mass is 291 g/mol. The zero-order chi connectivity index (χ0) is 13.3. The average Bonchev–Trinajstić information content (AvgIpc) is 2.46. The molecule has 0 unspecified atom stereocenters. The maximum Gasteiger partial charge on any atom is 0.0406 e. The van der Waals surface area contributed by atoms with Crippen LogP contribution in [0.25, 0.3) is 0 Å². The lowest BCUT2D eigenvalue weighted by atomic mass is 10.1. The van der Waals surface area contributed by atoms with Crippen molar-refractivity contribution in [3.8, 4) is 0 Å². The first-order valence-electron chi connectivity index (χ1n) is 6.47. The number of benzene rings is 2. The van der Waals surface area contributed by atoms with Crippen LogP contribution < -0.4 is 5.32 Å². The lowest BCUT2D eigenvalue weighted by Crippen LogP contribution is -2.20. The molecule has 0 amide bonds. The number of nitrogens with one attached hydrogen (secondary N) is 1. The van der Waals surface area contributed by atoms with Crippen molar-refractivity contribution in [1.82, 2.24) is 5.32 Å². The summed E-state index contributed by atoms with van der Waals surface area (Å²) in [7, 11) is 0. The summed E-state index contributed by atoms with van der Waals surface area (Å²) in [6.07, 6.45) is 1.05. The summed E-state index contributed by atoms with van der Waals surface area (Å²) in [4.78, 5) is 1.34. The molecule has 2 aromatic rings. The van der Waals surface area contributed by atoms with Crippen LogP contribution in [-0.4, -0.2) is 18.8 Å². The van der Waals surface area contributed by atoms with E-state index in [1.54, 1.807) is 0 Å². The van der Waals surface area contributed by atoms with Crippen molar-refractivity contribution in [2.45, 2.75) is 11.3 Å². The van der Waals surface area contributed by atoms with Crippen LogP contribution in [0.1, 0.15) is 5.56 Å². The van der Waals surface area contributed by atoms with Crippen molar-refractivity contribution in [1.29, 1.82) is 0 Å². The van der Waals surface area contributed by atoms with E-state index in [-0.39, 0.29) is 0 Å². The fraction of sp³-hybridized carbons (Fsp3) is 0.250. The number of thioether (sulfide) groups is 1. The van der Waals surface area contributed by atoms with Gasteiger partial charge in [-0.3, -0.25) is 0 Å². The zero-order valence-electron chi connectivity index (χ0n) is 10.8. The third kappa shape index (κ3) is 5.68. The van der Waals surface area contributed by atoms with Gasteiger partial charge in [0.1, 0.15) is 0 Å². The molecule has 0 saturated heterocycles. The molecule has 3 heteroatoms. The molecule has 1 nitrogen and oxygen atoms in total. The Morgan fingerprint density at radius 1 is 0.895 bits per heavy atom. The average molecular weight is 292 g/mol. The highest BCUT2D eigenvalue weighted by Crippen LogP contribution is 2.15. The molecule has 0 aliphatic carbocycles. The lowest BCUT2D eigenvalue weighted by Gasteiger charge is -2.05. The van der Waals surface area contributed by atoms with Crippen LogP contribution >= 0.6 is 23.4 Å². The molecular weight excluding hydrogens is 274 g/mol. The Balaban J connectivity index is 1.56. The largest absolute Gasteiger partial charge is 0.316 e. The summed E-state index contributed by atoms with van der Waals surface area (Å²) >= 11 is 7.74. The van der Waals surface area contributed by atoms with Gasteiger partial charge >= 0.3 is 0 Å². The van der Waals surface area contributed by atoms with Gasteiger partial charge in [-0.1, -0.05) is 41.9 Å². The first kappa shape index (κ1) is 14.4. The van der Waals surface area contributed by atoms with Crippen LogP contribution in [0, 0.1) is 0 Å². The van der Waals surface area contributed by atoms with Gasteiger partial charge in [0.05, 0.1) is 0 Å². The Morgan fingerprint density at radius 3 is 2.37 bits per heavy atom. The van der Waals surface area contributed by atoms with Gasteiger partial charge in [0, 0.05) is 22.2 Å². The van der Waals surface area contributed by atoms with E-state index in [9.17, 15) is 0 Å². The molecule has 0 radical (unpaired) electrons. The van der Waals surface area contributed by atoms with Crippen molar-refractivity contribution in [3.63, 3.8) is 0 Å². The predicted molar refractivity (Wildman–Crippen MR) is 85.2 cm³/mol. The van der Waals surface area contributed by atoms with E-state index in [0.717, 1.165) is 30.3 Å². The Kier molecular flexibility index (Phi) is 6.28. The van der Waals surface area contributed by atoms with Crippen molar-refractivity contribution < 1.29 is 0 Å². The van der Waals surface area contributed by atoms with Crippen molar-refractivity contribution in [3.05, 3.63) is 65.2 Å². The summed E-state index contributed by atoms with van der Waals surface area (Å²) in [5.74, 6) is 1.10. The van der Waals surface area contributed by atoms with E-state index in [1.807, 2.05) is 23.9 Å². The standard InChI is InChI=1S/C16H18ClNS/c17-15-8-6-14(7-9-15)10-11-18-12-13-19-16-4-2-1-3-5-16/h1-9,18H,10-13H2. The SMILES string of the molecule is Clc1ccc(CCNCCSc2ccccc2)cc1. The quantitative estimate of drug-likeness (QED) is 0.604. The number of hydrogen-bond donors (Lipinski definition) is 1. The van der Waals surface area contributed by atoms with Gasteiger partial charge in [-0.25, -0.2) is 0 Å². The summed E-state index contributed by atoms with van der Waals surface area (Å²) in [6.45, 7) is 2.05. The van der Waals surface area contributed by atoms with Crippen LogP contribution in [-0.2, 0) is 6.42 Å². The molecule has 0 saturated carbocycles. The minimum Gasteiger partial charge on any atom is -0.316 e. The predicted octanol–water partition coefficient (Wildman–Crippen LogP) is 4.26. The molecule has 0 bridgehead atoms. The third-order valence-corrected chi connectivity index (χ3v) is 4.06. The Morgan fingerprint density at radius 2 is 1.63 bits per heavy atom. The molecular formula is C16H18ClNS. The number of rotatable bonds is 7. The molecule has 19 heavy (non-hydrogen) atoms. The molecule has 0 heterocycles. The van der Waals surface area contributed by atoms with Crippen molar-refractivity contribution >= 4 is 23.4 Å². The van der Waals surface area contributed by atoms with Crippen LogP contribution in [0.4, 0.5) is 0 Å². The normalized spacial score (nSPS) is 10.6. The van der Waals surface area contributed by atoms with Crippen LogP contribution in [0.15, 0.2) is 59.5 Å². The smallest absolute Gasteiger partial charge is 0.0406 e. The minimum atomic E-state index is 0.802. The van der Waals surface area contributed by atoms with Crippen molar-refractivity contribution in [2.24, 2.45) is 0 Å². The zero-order valence-corrected chi connectivity index (χ0v) is 12.4. The topological polar surface area (TPSA) is 12.0 Å². The fourth-order valence-electron chi connectivity index (χ4n) is 1.77. The van der Waals surface area contributed by atoms with Gasteiger partial charge in [-0.05, 0) is 42.8 Å². The first-order valence-corrected chi connectivity index (χ1v) is 7.84. The lowest BCUT2D eigenvalue weighted by molar-refractivity contribution is 0.721.